The van der Waals surface area contributed by atoms with Crippen molar-refractivity contribution in [1.82, 2.24) is 0 Å². The van der Waals surface area contributed by atoms with Crippen molar-refractivity contribution >= 4 is 24.0 Å². The molecule has 0 aromatic heterocycles. The molecule has 3 nitrogen and oxygen atoms in total. The van der Waals surface area contributed by atoms with Gasteiger partial charge in [-0.3, -0.25) is 4.79 Å². The van der Waals surface area contributed by atoms with Crippen LogP contribution < -0.4 is 0 Å². The monoisotopic (exact) mass is 252 g/mol. The van der Waals surface area contributed by atoms with Crippen LogP contribution in [0.3, 0.4) is 0 Å². The maximum Gasteiger partial charge on any atom is 0.329 e. The predicted octanol–water partition coefficient (Wildman–Crippen LogP) is 2.69. The maximum absolute atomic E-state index is 11.8. The van der Waals surface area contributed by atoms with Gasteiger partial charge in [0.2, 0.25) is 0 Å². The molecule has 0 fully saturated rings. The van der Waals surface area contributed by atoms with E-state index in [9.17, 15) is 9.59 Å². The molecule has 0 aliphatic rings. The van der Waals surface area contributed by atoms with Gasteiger partial charge in [0.1, 0.15) is 6.29 Å². The Labute approximate surface area is 106 Å². The van der Waals surface area contributed by atoms with Crippen molar-refractivity contribution in [3.8, 4) is 0 Å². The SMILES string of the molecule is CCCC(C=O)(Sc1ccccc1)C(=O)OC. The molecule has 1 unspecified atom stereocenters. The van der Waals surface area contributed by atoms with E-state index in [0.717, 1.165) is 11.3 Å². The van der Waals surface area contributed by atoms with E-state index in [-0.39, 0.29) is 0 Å². The fraction of sp³-hybridized carbons (Fsp3) is 0.385. The van der Waals surface area contributed by atoms with Crippen LogP contribution in [0.15, 0.2) is 35.2 Å². The Kier molecular flexibility index (Phi) is 5.22. The van der Waals surface area contributed by atoms with E-state index in [0.29, 0.717) is 12.7 Å². The zero-order chi connectivity index (χ0) is 12.7. The third kappa shape index (κ3) is 3.33. The highest BCUT2D eigenvalue weighted by Crippen LogP contribution is 2.36. The van der Waals surface area contributed by atoms with E-state index < -0.39 is 10.7 Å². The molecule has 0 aliphatic heterocycles. The second-order valence-electron chi connectivity index (χ2n) is 3.66. The highest BCUT2D eigenvalue weighted by molar-refractivity contribution is 8.02. The van der Waals surface area contributed by atoms with Gasteiger partial charge in [-0.2, -0.15) is 0 Å². The van der Waals surface area contributed by atoms with Gasteiger partial charge in [0.15, 0.2) is 4.75 Å². The molecule has 1 rings (SSSR count). The lowest BCUT2D eigenvalue weighted by molar-refractivity contribution is -0.145. The van der Waals surface area contributed by atoms with Crippen molar-refractivity contribution in [1.29, 1.82) is 0 Å². The van der Waals surface area contributed by atoms with Crippen LogP contribution in [0, 0.1) is 0 Å². The summed E-state index contributed by atoms with van der Waals surface area (Å²) in [5, 5.41) is 0. The number of aldehydes is 1. The molecule has 17 heavy (non-hydrogen) atoms. The van der Waals surface area contributed by atoms with Crippen LogP contribution in [0.25, 0.3) is 0 Å². The van der Waals surface area contributed by atoms with Crippen molar-refractivity contribution in [3.63, 3.8) is 0 Å². The Hall–Kier alpha value is -1.29. The van der Waals surface area contributed by atoms with Gasteiger partial charge in [0.05, 0.1) is 7.11 Å². The van der Waals surface area contributed by atoms with E-state index in [2.05, 4.69) is 0 Å². The maximum atomic E-state index is 11.8. The summed E-state index contributed by atoms with van der Waals surface area (Å²) in [6.45, 7) is 1.94. The first-order valence-corrected chi connectivity index (χ1v) is 6.29. The molecule has 0 heterocycles. The Bertz CT molecular complexity index is 378. The summed E-state index contributed by atoms with van der Waals surface area (Å²) in [5.74, 6) is -0.483. The average Bonchev–Trinajstić information content (AvgIpc) is 2.38. The summed E-state index contributed by atoms with van der Waals surface area (Å²) in [4.78, 5) is 24.0. The summed E-state index contributed by atoms with van der Waals surface area (Å²) in [7, 11) is 1.31. The Morgan fingerprint density at radius 1 is 1.41 bits per heavy atom. The van der Waals surface area contributed by atoms with Gasteiger partial charge in [-0.1, -0.05) is 43.3 Å². The van der Waals surface area contributed by atoms with E-state index in [1.807, 2.05) is 37.3 Å². The third-order valence-corrected chi connectivity index (χ3v) is 3.73. The number of carbonyl (C=O) groups is 2. The normalized spacial score (nSPS) is 13.8. The molecule has 92 valence electrons. The van der Waals surface area contributed by atoms with E-state index in [4.69, 9.17) is 4.74 Å². The van der Waals surface area contributed by atoms with Gasteiger partial charge in [-0.15, -0.1) is 0 Å². The van der Waals surface area contributed by atoms with Crippen LogP contribution in [0.4, 0.5) is 0 Å². The van der Waals surface area contributed by atoms with Gasteiger partial charge in [-0.05, 0) is 18.6 Å². The van der Waals surface area contributed by atoms with Crippen molar-refractivity contribution in [2.24, 2.45) is 0 Å². The summed E-state index contributed by atoms with van der Waals surface area (Å²) in [6, 6.07) is 9.40. The number of hydrogen-bond donors (Lipinski definition) is 0. The Balaban J connectivity index is 2.98. The molecule has 0 radical (unpaired) electrons. The van der Waals surface area contributed by atoms with E-state index in [1.165, 1.54) is 18.9 Å². The molecule has 0 spiro atoms. The van der Waals surface area contributed by atoms with Crippen LogP contribution in [0.2, 0.25) is 0 Å². The molecule has 1 aromatic carbocycles. The number of thioether (sulfide) groups is 1. The highest BCUT2D eigenvalue weighted by atomic mass is 32.2. The Morgan fingerprint density at radius 2 is 2.06 bits per heavy atom. The summed E-state index contributed by atoms with van der Waals surface area (Å²) >= 11 is 1.25. The zero-order valence-electron chi connectivity index (χ0n) is 10.0. The molecule has 0 N–H and O–H groups in total. The van der Waals surface area contributed by atoms with Crippen molar-refractivity contribution in [3.05, 3.63) is 30.3 Å². The minimum atomic E-state index is -1.12. The number of esters is 1. The lowest BCUT2D eigenvalue weighted by Crippen LogP contribution is -2.37. The standard InChI is InChI=1S/C13H16O3S/c1-3-9-13(10-14,12(15)16-2)17-11-7-5-4-6-8-11/h4-8,10H,3,9H2,1-2H3. The first kappa shape index (κ1) is 13.8. The number of methoxy groups -OCH3 is 1. The lowest BCUT2D eigenvalue weighted by atomic mass is 10.1. The van der Waals surface area contributed by atoms with Crippen LogP contribution in [-0.4, -0.2) is 24.1 Å². The Morgan fingerprint density at radius 3 is 2.53 bits per heavy atom. The second-order valence-corrected chi connectivity index (χ2v) is 5.07. The van der Waals surface area contributed by atoms with Gasteiger partial charge in [0, 0.05) is 4.90 Å². The lowest BCUT2D eigenvalue weighted by Gasteiger charge is -2.23. The summed E-state index contributed by atoms with van der Waals surface area (Å²) in [5.41, 5.74) is 0. The molecule has 0 aliphatic carbocycles. The number of rotatable bonds is 6. The molecule has 0 saturated heterocycles. The van der Waals surface area contributed by atoms with Crippen LogP contribution in [-0.2, 0) is 14.3 Å². The quantitative estimate of drug-likeness (QED) is 0.338. The fourth-order valence-corrected chi connectivity index (χ4v) is 2.80. The molecular weight excluding hydrogens is 236 g/mol. The topological polar surface area (TPSA) is 43.4 Å². The van der Waals surface area contributed by atoms with Gasteiger partial charge < -0.3 is 9.53 Å². The molecule has 0 saturated carbocycles. The van der Waals surface area contributed by atoms with Crippen LogP contribution >= 0.6 is 11.8 Å². The van der Waals surface area contributed by atoms with Crippen molar-refractivity contribution in [2.75, 3.05) is 7.11 Å². The first-order chi connectivity index (χ1) is 8.18. The van der Waals surface area contributed by atoms with Gasteiger partial charge >= 0.3 is 5.97 Å². The molecule has 0 amide bonds. The van der Waals surface area contributed by atoms with Crippen molar-refractivity contribution in [2.45, 2.75) is 29.4 Å². The smallest absolute Gasteiger partial charge is 0.329 e. The van der Waals surface area contributed by atoms with Crippen LogP contribution in [0.1, 0.15) is 19.8 Å². The largest absolute Gasteiger partial charge is 0.468 e. The predicted molar refractivity (Wildman–Crippen MR) is 68.0 cm³/mol. The number of ether oxygens (including phenoxy) is 1. The van der Waals surface area contributed by atoms with Gasteiger partial charge in [0.25, 0.3) is 0 Å². The van der Waals surface area contributed by atoms with Crippen LogP contribution in [0.5, 0.6) is 0 Å². The molecule has 1 atom stereocenters. The molecular formula is C13H16O3S. The van der Waals surface area contributed by atoms with E-state index in [1.54, 1.807) is 0 Å². The minimum Gasteiger partial charge on any atom is -0.468 e. The van der Waals surface area contributed by atoms with E-state index >= 15 is 0 Å². The van der Waals surface area contributed by atoms with Gasteiger partial charge in [-0.25, -0.2) is 0 Å². The second kappa shape index (κ2) is 6.45. The average molecular weight is 252 g/mol. The minimum absolute atomic E-state index is 0.475. The fourth-order valence-electron chi connectivity index (χ4n) is 1.57. The molecule has 1 aromatic rings. The molecule has 0 bridgehead atoms. The number of carbonyl (C=O) groups excluding carboxylic acids is 2. The zero-order valence-corrected chi connectivity index (χ0v) is 10.8. The van der Waals surface area contributed by atoms with Crippen molar-refractivity contribution < 1.29 is 14.3 Å². The first-order valence-electron chi connectivity index (χ1n) is 5.47. The number of benzene rings is 1. The summed E-state index contributed by atoms with van der Waals surface area (Å²) < 4.78 is 3.62. The number of hydrogen-bond acceptors (Lipinski definition) is 4. The molecule has 4 heteroatoms. The highest BCUT2D eigenvalue weighted by Gasteiger charge is 2.40. The third-order valence-electron chi connectivity index (χ3n) is 2.39. The summed E-state index contributed by atoms with van der Waals surface area (Å²) in [6.07, 6.45) is 1.91.